The summed E-state index contributed by atoms with van der Waals surface area (Å²) in [4.78, 5) is 33.0. The van der Waals surface area contributed by atoms with Crippen molar-refractivity contribution in [1.82, 2.24) is 0 Å². The van der Waals surface area contributed by atoms with Gasteiger partial charge < -0.3 is 0 Å². The molecule has 0 unspecified atom stereocenters. The average Bonchev–Trinajstić information content (AvgIpc) is 2.58. The molecule has 2 aromatic carbocycles. The van der Waals surface area contributed by atoms with Gasteiger partial charge in [0.2, 0.25) is 0 Å². The Hall–Kier alpha value is -2.88. The summed E-state index contributed by atoms with van der Waals surface area (Å²) in [5.74, 6) is -1.45. The summed E-state index contributed by atoms with van der Waals surface area (Å²) in [7, 11) is 0. The molecule has 0 N–H and O–H groups in total. The van der Waals surface area contributed by atoms with E-state index in [1.54, 1.807) is 42.5 Å². The van der Waals surface area contributed by atoms with Crippen LogP contribution in [0.25, 0.3) is 6.08 Å². The van der Waals surface area contributed by atoms with E-state index in [-0.39, 0.29) is 11.0 Å². The molecule has 2 rings (SSSR count). The minimum Gasteiger partial charge on any atom is -0.242 e. The quantitative estimate of drug-likeness (QED) is 0.613. The Kier molecular flexibility index (Phi) is 5.19. The van der Waals surface area contributed by atoms with Crippen LogP contribution in [0.2, 0.25) is 0 Å². The summed E-state index contributed by atoms with van der Waals surface area (Å²) in [6.07, 6.45) is 1.66. The van der Waals surface area contributed by atoms with Gasteiger partial charge in [-0.2, -0.15) is 0 Å². The van der Waals surface area contributed by atoms with Crippen molar-refractivity contribution in [2.75, 3.05) is 0 Å². The van der Waals surface area contributed by atoms with Crippen LogP contribution >= 0.6 is 0 Å². The molecule has 0 atom stereocenters. The van der Waals surface area contributed by atoms with Crippen molar-refractivity contribution in [1.29, 1.82) is 0 Å². The summed E-state index contributed by atoms with van der Waals surface area (Å²) in [6.45, 7) is 9.88. The van der Waals surface area contributed by atoms with E-state index in [4.69, 9.17) is 0 Å². The normalized spacial score (nSPS) is 10.8. The minimum atomic E-state index is -0.731. The molecule has 0 saturated heterocycles. The average molecular weight is 324 g/mol. The second-order valence-electron chi connectivity index (χ2n) is 6.40. The fraction of sp³-hybridized carbons (Fsp3) is 0.200. The van der Waals surface area contributed by atoms with E-state index in [0.717, 1.165) is 11.1 Å². The number of hydrogen-bond acceptors (Lipinski definition) is 4. The fourth-order valence-corrected chi connectivity index (χ4v) is 2.03. The van der Waals surface area contributed by atoms with Crippen molar-refractivity contribution in [2.24, 2.45) is 0 Å². The summed E-state index contributed by atoms with van der Waals surface area (Å²) in [5, 5.41) is 0. The van der Waals surface area contributed by atoms with Crippen LogP contribution in [0.5, 0.6) is 0 Å². The van der Waals surface area contributed by atoms with Crippen molar-refractivity contribution >= 4 is 18.0 Å². The molecule has 0 fully saturated rings. The van der Waals surface area contributed by atoms with E-state index in [9.17, 15) is 9.59 Å². The predicted octanol–water partition coefficient (Wildman–Crippen LogP) is 4.56. The highest BCUT2D eigenvalue weighted by molar-refractivity contribution is 5.92. The van der Waals surface area contributed by atoms with E-state index in [0.29, 0.717) is 5.56 Å². The molecule has 0 aliphatic rings. The second kappa shape index (κ2) is 7.13. The Balaban J connectivity index is 1.96. The van der Waals surface area contributed by atoms with Crippen LogP contribution in [0, 0.1) is 0 Å². The predicted molar refractivity (Wildman–Crippen MR) is 92.5 cm³/mol. The molecule has 0 radical (unpaired) electrons. The minimum absolute atomic E-state index is 0.00744. The molecule has 0 bridgehead atoms. The van der Waals surface area contributed by atoms with E-state index in [1.165, 1.54) is 0 Å². The Morgan fingerprint density at radius 1 is 0.833 bits per heavy atom. The highest BCUT2D eigenvalue weighted by Crippen LogP contribution is 2.22. The van der Waals surface area contributed by atoms with Gasteiger partial charge in [0.15, 0.2) is 0 Å². The zero-order valence-corrected chi connectivity index (χ0v) is 14.0. The SMILES string of the molecule is C=Cc1ccc(C(=O)OOC(=O)c2ccc(C(C)(C)C)cc2)cc1. The third kappa shape index (κ3) is 4.32. The molecule has 0 aliphatic heterocycles. The zero-order chi connectivity index (χ0) is 17.7. The first-order valence-corrected chi connectivity index (χ1v) is 7.57. The number of rotatable bonds is 3. The van der Waals surface area contributed by atoms with Crippen LogP contribution in [-0.2, 0) is 15.2 Å². The first-order chi connectivity index (χ1) is 11.3. The van der Waals surface area contributed by atoms with E-state index in [2.05, 4.69) is 37.1 Å². The first kappa shape index (κ1) is 17.5. The molecule has 124 valence electrons. The van der Waals surface area contributed by atoms with Crippen LogP contribution in [0.3, 0.4) is 0 Å². The summed E-state index contributed by atoms with van der Waals surface area (Å²) in [6, 6.07) is 13.6. The maximum Gasteiger partial charge on any atom is 0.386 e. The van der Waals surface area contributed by atoms with Gasteiger partial charge in [-0.1, -0.05) is 57.7 Å². The van der Waals surface area contributed by atoms with Crippen LogP contribution < -0.4 is 0 Å². The van der Waals surface area contributed by atoms with Crippen molar-refractivity contribution in [2.45, 2.75) is 26.2 Å². The molecule has 0 amide bonds. The first-order valence-electron chi connectivity index (χ1n) is 7.57. The van der Waals surface area contributed by atoms with Crippen LogP contribution in [0.4, 0.5) is 0 Å². The Bertz CT molecular complexity index is 735. The second-order valence-corrected chi connectivity index (χ2v) is 6.40. The molecule has 24 heavy (non-hydrogen) atoms. The molecule has 0 saturated carbocycles. The fourth-order valence-electron chi connectivity index (χ4n) is 2.03. The van der Waals surface area contributed by atoms with Gasteiger partial charge in [0, 0.05) is 0 Å². The molecular weight excluding hydrogens is 304 g/mol. The summed E-state index contributed by atoms with van der Waals surface area (Å²) >= 11 is 0. The Morgan fingerprint density at radius 3 is 1.62 bits per heavy atom. The largest absolute Gasteiger partial charge is 0.386 e. The summed E-state index contributed by atoms with van der Waals surface area (Å²) in [5.41, 5.74) is 2.57. The van der Waals surface area contributed by atoms with Crippen LogP contribution in [0.1, 0.15) is 52.6 Å². The van der Waals surface area contributed by atoms with E-state index >= 15 is 0 Å². The maximum atomic E-state index is 11.9. The third-order valence-corrected chi connectivity index (χ3v) is 3.56. The number of carbonyl (C=O) groups excluding carboxylic acids is 2. The van der Waals surface area contributed by atoms with Gasteiger partial charge in [0.25, 0.3) is 0 Å². The molecule has 0 aliphatic carbocycles. The van der Waals surface area contributed by atoms with Crippen LogP contribution in [-0.4, -0.2) is 11.9 Å². The topological polar surface area (TPSA) is 52.6 Å². The lowest BCUT2D eigenvalue weighted by Crippen LogP contribution is -2.13. The van der Waals surface area contributed by atoms with E-state index in [1.807, 2.05) is 12.1 Å². The van der Waals surface area contributed by atoms with E-state index < -0.39 is 11.9 Å². The molecule has 0 spiro atoms. The summed E-state index contributed by atoms with van der Waals surface area (Å²) < 4.78 is 0. The smallest absolute Gasteiger partial charge is 0.242 e. The number of carbonyl (C=O) groups is 2. The molecular formula is C20H20O4. The van der Waals surface area contributed by atoms with Gasteiger partial charge in [0.1, 0.15) is 0 Å². The number of hydrogen-bond donors (Lipinski definition) is 0. The highest BCUT2D eigenvalue weighted by Gasteiger charge is 2.17. The van der Waals surface area contributed by atoms with Crippen molar-refractivity contribution in [3.8, 4) is 0 Å². The van der Waals surface area contributed by atoms with Crippen molar-refractivity contribution < 1.29 is 19.4 Å². The number of benzene rings is 2. The van der Waals surface area contributed by atoms with Gasteiger partial charge >= 0.3 is 11.9 Å². The van der Waals surface area contributed by atoms with Gasteiger partial charge in [-0.25, -0.2) is 19.4 Å². The Morgan fingerprint density at radius 2 is 1.25 bits per heavy atom. The van der Waals surface area contributed by atoms with Gasteiger partial charge in [-0.3, -0.25) is 0 Å². The lowest BCUT2D eigenvalue weighted by atomic mass is 9.87. The standard InChI is InChI=1S/C20H20O4/c1-5-14-6-8-15(9-7-14)18(21)23-24-19(22)16-10-12-17(13-11-16)20(2,3)4/h5-13H,1H2,2-4H3. The van der Waals surface area contributed by atoms with Crippen LogP contribution in [0.15, 0.2) is 55.1 Å². The molecule has 4 heteroatoms. The monoisotopic (exact) mass is 324 g/mol. The maximum absolute atomic E-state index is 11.9. The molecule has 4 nitrogen and oxygen atoms in total. The Labute approximate surface area is 141 Å². The lowest BCUT2D eigenvalue weighted by Gasteiger charge is -2.18. The third-order valence-electron chi connectivity index (χ3n) is 3.56. The van der Waals surface area contributed by atoms with Gasteiger partial charge in [0.05, 0.1) is 11.1 Å². The molecule has 0 aromatic heterocycles. The molecule has 2 aromatic rings. The molecule has 0 heterocycles. The highest BCUT2D eigenvalue weighted by atomic mass is 17.2. The zero-order valence-electron chi connectivity index (χ0n) is 14.0. The van der Waals surface area contributed by atoms with Crippen molar-refractivity contribution in [3.63, 3.8) is 0 Å². The van der Waals surface area contributed by atoms with Gasteiger partial charge in [-0.05, 0) is 40.8 Å². The van der Waals surface area contributed by atoms with Crippen molar-refractivity contribution in [3.05, 3.63) is 77.4 Å². The van der Waals surface area contributed by atoms with Gasteiger partial charge in [-0.15, -0.1) is 0 Å². The lowest BCUT2D eigenvalue weighted by molar-refractivity contribution is -0.187.